The lowest BCUT2D eigenvalue weighted by Gasteiger charge is -2.15. The van der Waals surface area contributed by atoms with Crippen molar-refractivity contribution >= 4 is 44.8 Å². The Balaban J connectivity index is 1.59. The summed E-state index contributed by atoms with van der Waals surface area (Å²) >= 11 is 3.14. The van der Waals surface area contributed by atoms with Crippen LogP contribution in [-0.4, -0.2) is 53.2 Å². The Labute approximate surface area is 201 Å². The van der Waals surface area contributed by atoms with E-state index in [2.05, 4.69) is 33.9 Å². The summed E-state index contributed by atoms with van der Waals surface area (Å²) in [5, 5.41) is 7.26. The summed E-state index contributed by atoms with van der Waals surface area (Å²) < 4.78 is 40.7. The molecule has 1 saturated carbocycles. The van der Waals surface area contributed by atoms with E-state index in [4.69, 9.17) is 4.74 Å². The van der Waals surface area contributed by atoms with E-state index in [9.17, 15) is 13.2 Å². The highest BCUT2D eigenvalue weighted by Gasteiger charge is 2.41. The third-order valence-electron chi connectivity index (χ3n) is 6.47. The van der Waals surface area contributed by atoms with E-state index < -0.39 is 21.9 Å². The predicted octanol–water partition coefficient (Wildman–Crippen LogP) is 1.30. The first-order valence-electron chi connectivity index (χ1n) is 11.0. The van der Waals surface area contributed by atoms with Crippen LogP contribution in [0.25, 0.3) is 11.0 Å². The molecule has 33 heavy (non-hydrogen) atoms. The van der Waals surface area contributed by atoms with E-state index in [0.29, 0.717) is 23.0 Å². The van der Waals surface area contributed by atoms with E-state index in [1.807, 2.05) is 18.7 Å². The summed E-state index contributed by atoms with van der Waals surface area (Å²) in [5.41, 5.74) is 0.287. The SMILES string of the molecule is COC1NSC(n2c(=O)n(CC3SC(C)NC3C)c3ccc(S(=O)(=O)NC4(C)CC4)cc32)N1. The second-order valence-electron chi connectivity index (χ2n) is 9.22. The van der Waals surface area contributed by atoms with Crippen LogP contribution in [0.4, 0.5) is 0 Å². The summed E-state index contributed by atoms with van der Waals surface area (Å²) in [4.78, 5) is 13.8. The molecular formula is C20H30N6O4S3. The molecule has 4 N–H and O–H groups in total. The highest BCUT2D eigenvalue weighted by molar-refractivity contribution is 8.00. The predicted molar refractivity (Wildman–Crippen MR) is 131 cm³/mol. The van der Waals surface area contributed by atoms with E-state index in [0.717, 1.165) is 12.8 Å². The van der Waals surface area contributed by atoms with Crippen LogP contribution in [0.5, 0.6) is 0 Å². The molecule has 2 aromatic rings. The van der Waals surface area contributed by atoms with Crippen molar-refractivity contribution in [2.24, 2.45) is 0 Å². The number of sulfonamides is 1. The molecule has 1 aromatic heterocycles. The van der Waals surface area contributed by atoms with Gasteiger partial charge in [-0.1, -0.05) is 0 Å². The maximum Gasteiger partial charge on any atom is 0.331 e. The largest absolute Gasteiger partial charge is 0.352 e. The van der Waals surface area contributed by atoms with Gasteiger partial charge in [-0.15, -0.1) is 11.8 Å². The molecule has 3 aliphatic rings. The summed E-state index contributed by atoms with van der Waals surface area (Å²) in [6.45, 7) is 6.68. The van der Waals surface area contributed by atoms with Gasteiger partial charge in [0.05, 0.1) is 21.3 Å². The average Bonchev–Trinajstić information content (AvgIpc) is 3.08. The van der Waals surface area contributed by atoms with E-state index in [1.165, 1.54) is 11.9 Å². The van der Waals surface area contributed by atoms with Crippen LogP contribution in [0, 0.1) is 0 Å². The molecule has 3 heterocycles. The van der Waals surface area contributed by atoms with Gasteiger partial charge >= 0.3 is 5.69 Å². The number of fused-ring (bicyclic) bond motifs is 1. The molecule has 2 aliphatic heterocycles. The normalized spacial score (nSPS) is 31.5. The maximum absolute atomic E-state index is 13.7. The van der Waals surface area contributed by atoms with Crippen LogP contribution >= 0.6 is 23.7 Å². The zero-order chi connectivity index (χ0) is 23.5. The lowest BCUT2D eigenvalue weighted by atomic mass is 10.2. The third-order valence-corrected chi connectivity index (χ3v) is 10.5. The van der Waals surface area contributed by atoms with Crippen LogP contribution in [0.1, 0.15) is 39.1 Å². The van der Waals surface area contributed by atoms with Crippen molar-refractivity contribution in [1.29, 1.82) is 0 Å². The number of methoxy groups -OCH3 is 1. The van der Waals surface area contributed by atoms with Gasteiger partial charge in [-0.25, -0.2) is 28.0 Å². The van der Waals surface area contributed by atoms with Crippen LogP contribution in [0.3, 0.4) is 0 Å². The van der Waals surface area contributed by atoms with E-state index in [-0.39, 0.29) is 27.4 Å². The zero-order valence-corrected chi connectivity index (χ0v) is 21.4. The summed E-state index contributed by atoms with van der Waals surface area (Å²) in [5.74, 6) is 0. The summed E-state index contributed by atoms with van der Waals surface area (Å²) in [6, 6.07) is 5.21. The zero-order valence-electron chi connectivity index (χ0n) is 19.0. The lowest BCUT2D eigenvalue weighted by Crippen LogP contribution is -2.38. The Morgan fingerprint density at radius 1 is 1.24 bits per heavy atom. The minimum absolute atomic E-state index is 0.159. The molecule has 5 atom stereocenters. The Morgan fingerprint density at radius 2 is 2.00 bits per heavy atom. The number of ether oxygens (including phenoxy) is 1. The molecule has 5 unspecified atom stereocenters. The van der Waals surface area contributed by atoms with Gasteiger partial charge in [-0.3, -0.25) is 9.13 Å². The van der Waals surface area contributed by atoms with Gasteiger partial charge in [0.15, 0.2) is 11.8 Å². The molecule has 0 radical (unpaired) electrons. The van der Waals surface area contributed by atoms with Crippen molar-refractivity contribution < 1.29 is 13.2 Å². The smallest absolute Gasteiger partial charge is 0.331 e. The quantitative estimate of drug-likeness (QED) is 0.406. The van der Waals surface area contributed by atoms with E-state index in [1.54, 1.807) is 34.4 Å². The molecule has 182 valence electrons. The van der Waals surface area contributed by atoms with Crippen LogP contribution in [-0.2, 0) is 21.3 Å². The number of nitrogens with one attached hydrogen (secondary N) is 4. The van der Waals surface area contributed by atoms with Crippen molar-refractivity contribution in [2.75, 3.05) is 7.11 Å². The van der Waals surface area contributed by atoms with Gasteiger partial charge in [0.2, 0.25) is 10.0 Å². The molecule has 0 amide bonds. The molecule has 2 saturated heterocycles. The highest BCUT2D eigenvalue weighted by atomic mass is 32.2. The lowest BCUT2D eigenvalue weighted by molar-refractivity contribution is 0.0694. The molecular weight excluding hydrogens is 484 g/mol. The molecule has 3 fully saturated rings. The van der Waals surface area contributed by atoms with Crippen molar-refractivity contribution in [2.45, 2.75) is 79.1 Å². The molecule has 10 nitrogen and oxygen atoms in total. The summed E-state index contributed by atoms with van der Waals surface area (Å²) in [7, 11) is -2.13. The third kappa shape index (κ3) is 4.49. The minimum Gasteiger partial charge on any atom is -0.352 e. The van der Waals surface area contributed by atoms with Gasteiger partial charge < -0.3 is 10.1 Å². The molecule has 13 heteroatoms. The Morgan fingerprint density at radius 3 is 2.61 bits per heavy atom. The summed E-state index contributed by atoms with van der Waals surface area (Å²) in [6.07, 6.45) is 1.24. The first kappa shape index (κ1) is 23.7. The number of imidazole rings is 1. The Hall–Kier alpha value is -1.06. The van der Waals surface area contributed by atoms with Gasteiger partial charge in [0.25, 0.3) is 0 Å². The monoisotopic (exact) mass is 514 g/mol. The van der Waals surface area contributed by atoms with E-state index >= 15 is 0 Å². The number of rotatable bonds is 7. The second-order valence-corrected chi connectivity index (χ2v) is 13.4. The number of hydrogen-bond acceptors (Lipinski definition) is 9. The standard InChI is InChI=1S/C20H30N6O4S3/c1-11-16(31-12(2)21-11)10-25-14-6-5-13(33(28,29)24-20(3)7-8-20)9-15(14)26(19(25)27)18-22-17(30-4)23-32-18/h5-6,9,11-12,16-18,21-24H,7-8,10H2,1-4H3. The minimum atomic E-state index is -3.70. The average molecular weight is 515 g/mol. The molecule has 1 aromatic carbocycles. The fourth-order valence-electron chi connectivity index (χ4n) is 4.35. The fraction of sp³-hybridized carbons (Fsp3) is 0.650. The van der Waals surface area contributed by atoms with Gasteiger partial charge in [-0.05, 0) is 63.8 Å². The van der Waals surface area contributed by atoms with Crippen molar-refractivity contribution in [3.8, 4) is 0 Å². The van der Waals surface area contributed by atoms with Crippen molar-refractivity contribution in [1.82, 2.24) is 29.2 Å². The first-order valence-corrected chi connectivity index (χ1v) is 14.3. The van der Waals surface area contributed by atoms with Gasteiger partial charge in [-0.2, -0.15) is 0 Å². The van der Waals surface area contributed by atoms with Gasteiger partial charge in [0, 0.05) is 30.5 Å². The molecule has 0 spiro atoms. The van der Waals surface area contributed by atoms with Crippen LogP contribution < -0.4 is 25.8 Å². The second kappa shape index (κ2) is 8.55. The molecule has 0 bridgehead atoms. The van der Waals surface area contributed by atoms with Crippen LogP contribution in [0.2, 0.25) is 0 Å². The van der Waals surface area contributed by atoms with Crippen LogP contribution in [0.15, 0.2) is 27.9 Å². The molecule has 5 rings (SSSR count). The number of benzene rings is 1. The Bertz CT molecular complexity index is 1220. The number of hydrogen-bond donors (Lipinski definition) is 4. The van der Waals surface area contributed by atoms with Crippen molar-refractivity contribution in [3.63, 3.8) is 0 Å². The van der Waals surface area contributed by atoms with Crippen molar-refractivity contribution in [3.05, 3.63) is 28.7 Å². The number of thioether (sulfide) groups is 1. The number of nitrogens with zero attached hydrogens (tertiary/aromatic N) is 2. The van der Waals surface area contributed by atoms with Gasteiger partial charge in [0.1, 0.15) is 0 Å². The Kier molecular flexibility index (Phi) is 6.14. The topological polar surface area (TPSA) is 118 Å². The maximum atomic E-state index is 13.7. The fourth-order valence-corrected chi connectivity index (χ4v) is 8.12. The molecule has 1 aliphatic carbocycles. The highest BCUT2D eigenvalue weighted by Crippen LogP contribution is 2.36. The first-order chi connectivity index (χ1) is 15.6. The number of aromatic nitrogens is 2.